The van der Waals surface area contributed by atoms with Crippen LogP contribution in [-0.4, -0.2) is 305 Å². The Balaban J connectivity index is 0.842. The van der Waals surface area contributed by atoms with Gasteiger partial charge in [-0.05, 0) is 116 Å². The number of ether oxygens (including phenoxy) is 1. The number of carbonyl (C=O) groups is 10. The number of nitrogens with one attached hydrogen (secondary N) is 3. The van der Waals surface area contributed by atoms with Gasteiger partial charge in [0, 0.05) is 158 Å². The number of hydrogen-bond donors (Lipinski definition) is 6. The van der Waals surface area contributed by atoms with E-state index in [9.17, 15) is 72.0 Å². The Bertz CT molecular complexity index is 3190. The van der Waals surface area contributed by atoms with Crippen molar-refractivity contribution in [1.29, 1.82) is 0 Å². The van der Waals surface area contributed by atoms with E-state index in [0.717, 1.165) is 47.1 Å². The Hall–Kier alpha value is -7.04. The summed E-state index contributed by atoms with van der Waals surface area (Å²) in [4.78, 5) is 150. The largest absolute Gasteiger partial charge is 0.494 e. The fourth-order valence-corrected chi connectivity index (χ4v) is 14.2. The molecule has 4 aliphatic heterocycles. The third kappa shape index (κ3) is 26.9. The number of thioether (sulfide) groups is 1. The number of imide groups is 1. The zero-order valence-corrected chi connectivity index (χ0v) is 58.8. The first-order chi connectivity index (χ1) is 47.0. The van der Waals surface area contributed by atoms with Gasteiger partial charge in [-0.15, -0.1) is 11.8 Å². The summed E-state index contributed by atoms with van der Waals surface area (Å²) in [6.07, 6.45) is 8.89. The number of aliphatic imine (C=N–C) groups is 1. The maximum absolute atomic E-state index is 14.1. The summed E-state index contributed by atoms with van der Waals surface area (Å²) in [7, 11) is 1.45. The highest BCUT2D eigenvalue weighted by atomic mass is 127. The molecule has 0 spiro atoms. The van der Waals surface area contributed by atoms with E-state index in [1.165, 1.54) is 47.8 Å². The van der Waals surface area contributed by atoms with Crippen LogP contribution in [0.25, 0.3) is 10.9 Å². The number of unbranched alkanes of at least 4 members (excludes halogenated alkanes) is 3. The Kier molecular flexibility index (Phi) is 32.2. The molecule has 7 amide bonds. The quantitative estimate of drug-likeness (QED) is 0.0211. The van der Waals surface area contributed by atoms with Gasteiger partial charge in [0.05, 0.1) is 68.2 Å². The number of carboxylic acids is 3. The number of benzene rings is 2. The number of aryl methyl sites for hydroxylation is 1. The van der Waals surface area contributed by atoms with Crippen molar-refractivity contribution in [3.8, 4) is 5.75 Å². The van der Waals surface area contributed by atoms with Crippen molar-refractivity contribution in [2.45, 2.75) is 106 Å². The van der Waals surface area contributed by atoms with Crippen LogP contribution < -0.4 is 20.7 Å². The number of piperazine rings is 1. The number of likely N-dealkylation sites (tertiary alicyclic amines) is 2. The number of fused-ring (bicyclic) bond motifs is 1. The lowest BCUT2D eigenvalue weighted by molar-refractivity contribution is -0.140. The molecule has 0 saturated carbocycles. The Morgan fingerprint density at radius 2 is 1.34 bits per heavy atom. The number of hydrogen-bond acceptors (Lipinski definition) is 19. The minimum Gasteiger partial charge on any atom is -0.494 e. The highest BCUT2D eigenvalue weighted by molar-refractivity contribution is 14.1. The molecule has 3 aromatic rings. The molecular formula is C67H94F2IN13O14S. The molecule has 4 aliphatic rings. The van der Waals surface area contributed by atoms with Crippen LogP contribution in [0.15, 0.2) is 59.7 Å². The van der Waals surface area contributed by atoms with Gasteiger partial charge in [0.25, 0.3) is 11.8 Å². The maximum atomic E-state index is 14.1. The van der Waals surface area contributed by atoms with Crippen LogP contribution in [-0.2, 0) is 49.6 Å². The van der Waals surface area contributed by atoms with Crippen LogP contribution in [0.5, 0.6) is 5.75 Å². The second kappa shape index (κ2) is 40.3. The van der Waals surface area contributed by atoms with Gasteiger partial charge in [0.2, 0.25) is 35.4 Å². The van der Waals surface area contributed by atoms with E-state index >= 15 is 0 Å². The predicted molar refractivity (Wildman–Crippen MR) is 372 cm³/mol. The lowest BCUT2D eigenvalue weighted by Crippen LogP contribution is -2.50. The van der Waals surface area contributed by atoms with Crippen molar-refractivity contribution in [3.63, 3.8) is 0 Å². The van der Waals surface area contributed by atoms with Crippen LogP contribution in [0.2, 0.25) is 0 Å². The first-order valence-corrected chi connectivity index (χ1v) is 35.7. The number of aromatic nitrogens is 1. The van der Waals surface area contributed by atoms with E-state index in [2.05, 4.69) is 65.6 Å². The number of carbonyl (C=O) groups excluding carboxylic acids is 7. The van der Waals surface area contributed by atoms with E-state index in [1.54, 1.807) is 37.8 Å². The molecule has 2 unspecified atom stereocenters. The summed E-state index contributed by atoms with van der Waals surface area (Å²) in [5.74, 6) is -8.04. The summed E-state index contributed by atoms with van der Waals surface area (Å²) >= 11 is 3.60. The third-order valence-electron chi connectivity index (χ3n) is 17.7. The fourth-order valence-electron chi connectivity index (χ4n) is 12.4. The molecule has 7 rings (SSSR count). The molecule has 4 fully saturated rings. The lowest BCUT2D eigenvalue weighted by atomic mass is 10.1. The number of halogens is 3. The molecular weight excluding hydrogens is 1410 g/mol. The second-order valence-corrected chi connectivity index (χ2v) is 28.0. The van der Waals surface area contributed by atoms with E-state index in [0.29, 0.717) is 88.1 Å². The minimum atomic E-state index is -3.05. The van der Waals surface area contributed by atoms with Crippen molar-refractivity contribution in [2.24, 2.45) is 4.99 Å². The molecule has 4 saturated heterocycles. The zero-order valence-electron chi connectivity index (χ0n) is 55.8. The van der Waals surface area contributed by atoms with E-state index in [-0.39, 0.29) is 145 Å². The van der Waals surface area contributed by atoms with Crippen LogP contribution >= 0.6 is 34.4 Å². The number of pyridine rings is 1. The topological polar surface area (TPSA) is 328 Å². The molecule has 31 heteroatoms. The third-order valence-corrected chi connectivity index (χ3v) is 19.9. The predicted octanol–water partition coefficient (Wildman–Crippen LogP) is 3.11. The molecule has 98 heavy (non-hydrogen) atoms. The monoisotopic (exact) mass is 1500 g/mol. The summed E-state index contributed by atoms with van der Waals surface area (Å²) < 4.78 is 35.5. The summed E-state index contributed by atoms with van der Waals surface area (Å²) in [5, 5.41) is 37.0. The fraction of sp³-hybridized carbons (Fsp3) is 0.612. The number of amides is 7. The normalized spacial score (nSPS) is 19.1. The van der Waals surface area contributed by atoms with E-state index < -0.39 is 66.4 Å². The van der Waals surface area contributed by atoms with E-state index in [4.69, 9.17) is 4.74 Å². The average molecular weight is 1500 g/mol. The molecule has 0 bridgehead atoms. The molecule has 538 valence electrons. The smallest absolute Gasteiger partial charge is 0.317 e. The maximum Gasteiger partial charge on any atom is 0.317 e. The van der Waals surface area contributed by atoms with Gasteiger partial charge in [-0.3, -0.25) is 87.3 Å². The number of aliphatic carboxylic acids is 3. The summed E-state index contributed by atoms with van der Waals surface area (Å²) in [5.41, 5.74) is 1.95. The highest BCUT2D eigenvalue weighted by Gasteiger charge is 2.46. The number of nitrogens with zero attached hydrogens (tertiary/aromatic N) is 10. The Morgan fingerprint density at radius 1 is 0.704 bits per heavy atom. The van der Waals surface area contributed by atoms with Gasteiger partial charge in [-0.2, -0.15) is 0 Å². The SMILES string of the molecule is CN=C[C@H]1CC(F)(F)CN1C(=O)CNC(=O)c1ccnc2ccc(OCCCCN3CCN(C(=O)CCCN4C(=O)CC(SC(CCCCCNC(=O)CCCc5ccc(I)cc5)CNC(=O)CN5CCN(CC(=O)O)CCN(CC(=O)O)CCN(CC(=O)O)CC5)C4=O)CC3)cc12. The van der Waals surface area contributed by atoms with Gasteiger partial charge in [0.15, 0.2) is 0 Å². The molecule has 3 atom stereocenters. The Morgan fingerprint density at radius 3 is 1.97 bits per heavy atom. The van der Waals surface area contributed by atoms with Gasteiger partial charge in [-0.1, -0.05) is 25.0 Å². The number of carboxylic acid groups (broad SMARTS) is 3. The molecule has 6 N–H and O–H groups in total. The molecule has 27 nitrogen and oxygen atoms in total. The van der Waals surface area contributed by atoms with Crippen molar-refractivity contribution in [1.82, 2.24) is 60.1 Å². The molecule has 0 radical (unpaired) electrons. The Labute approximate surface area is 588 Å². The van der Waals surface area contributed by atoms with Gasteiger partial charge < -0.3 is 45.8 Å². The lowest BCUT2D eigenvalue weighted by Gasteiger charge is -2.35. The molecule has 0 aliphatic carbocycles. The first kappa shape index (κ1) is 78.3. The van der Waals surface area contributed by atoms with Crippen LogP contribution in [0, 0.1) is 3.57 Å². The van der Waals surface area contributed by atoms with Crippen LogP contribution in [0.3, 0.4) is 0 Å². The van der Waals surface area contributed by atoms with Crippen LogP contribution in [0.4, 0.5) is 8.78 Å². The van der Waals surface area contributed by atoms with E-state index in [1.807, 2.05) is 17.0 Å². The minimum absolute atomic E-state index is 0.0179. The highest BCUT2D eigenvalue weighted by Crippen LogP contribution is 2.33. The standard InChI is InChI=1S/C67H94F2IN13O14S/c1-71-40-50-39-67(68,69)47-83(50)61(88)42-75-65(95)53-19-21-72-55-18-17-51(37-54(53)55)97-36-6-5-22-76-32-34-81(35-33-76)59(86)12-8-23-82-60(87)38-56(66(82)96)98-52(10-3-2-4-20-73-57(84)11-7-9-48-13-15-49(70)16-14-48)41-74-58(85)43-77-24-26-78(44-62(89)90)28-30-80(46-64(93)94)31-29-79(27-25-77)45-63(91)92/h13-19,21,37,40,50,52,56H,2-12,20,22-36,38-39,41-47H2,1H3,(H,73,84)(H,74,85)(H,75,95)(H,89,90)(H,91,92)(H,93,94)/t50-,52?,56?/m1/s1. The molecule has 5 heterocycles. The first-order valence-electron chi connectivity index (χ1n) is 33.7. The summed E-state index contributed by atoms with van der Waals surface area (Å²) in [6, 6.07) is 14.1. The number of rotatable bonds is 36. The second-order valence-electron chi connectivity index (χ2n) is 25.3. The zero-order chi connectivity index (χ0) is 70.6. The van der Waals surface area contributed by atoms with Gasteiger partial charge in [0.1, 0.15) is 5.75 Å². The molecule has 2 aromatic carbocycles. The average Bonchev–Trinajstić information content (AvgIpc) is 1.53. The van der Waals surface area contributed by atoms with Crippen molar-refractivity contribution in [3.05, 3.63) is 69.4 Å². The molecule has 1 aromatic heterocycles. The van der Waals surface area contributed by atoms with Gasteiger partial charge >= 0.3 is 17.9 Å². The summed E-state index contributed by atoms with van der Waals surface area (Å²) in [6.45, 7) is 4.00. The van der Waals surface area contributed by atoms with Gasteiger partial charge in [-0.25, -0.2) is 8.78 Å². The van der Waals surface area contributed by atoms with Crippen molar-refractivity contribution in [2.75, 3.05) is 158 Å². The number of alkyl halides is 2. The van der Waals surface area contributed by atoms with Crippen LogP contribution in [0.1, 0.15) is 93.0 Å². The van der Waals surface area contributed by atoms with Crippen molar-refractivity contribution >= 4 is 111 Å². The van der Waals surface area contributed by atoms with Crippen molar-refractivity contribution < 1.29 is 76.8 Å².